The molecule has 0 atom stereocenters. The van der Waals surface area contributed by atoms with E-state index in [0.717, 1.165) is 0 Å². The van der Waals surface area contributed by atoms with Crippen LogP contribution in [0.3, 0.4) is 0 Å². The maximum absolute atomic E-state index is 13.2. The van der Waals surface area contributed by atoms with Gasteiger partial charge in [0.2, 0.25) is 5.89 Å². The Morgan fingerprint density at radius 2 is 2.22 bits per heavy atom. The quantitative estimate of drug-likeness (QED) is 0.843. The normalized spacial score (nSPS) is 10.4. The second kappa shape index (κ2) is 5.46. The molecular formula is C11H13FN4O2. The van der Waals surface area contributed by atoms with Gasteiger partial charge in [-0.25, -0.2) is 4.39 Å². The highest BCUT2D eigenvalue weighted by atomic mass is 19.1. The van der Waals surface area contributed by atoms with Gasteiger partial charge in [0.25, 0.3) is 0 Å². The zero-order valence-corrected chi connectivity index (χ0v) is 10.0. The topological polar surface area (TPSA) is 72.2 Å². The molecule has 0 aliphatic carbocycles. The molecule has 6 nitrogen and oxygen atoms in total. The molecule has 1 aromatic heterocycles. The summed E-state index contributed by atoms with van der Waals surface area (Å²) < 4.78 is 23.4. The largest absolute Gasteiger partial charge is 0.494 e. The van der Waals surface area contributed by atoms with Crippen LogP contribution in [0.1, 0.15) is 5.89 Å². The van der Waals surface area contributed by atoms with E-state index in [4.69, 9.17) is 9.15 Å². The minimum absolute atomic E-state index is 0.148. The first-order valence-corrected chi connectivity index (χ1v) is 5.30. The lowest BCUT2D eigenvalue weighted by Crippen LogP contribution is -2.04. The van der Waals surface area contributed by atoms with Gasteiger partial charge in [0.05, 0.1) is 13.7 Å². The van der Waals surface area contributed by atoms with E-state index in [-0.39, 0.29) is 11.8 Å². The van der Waals surface area contributed by atoms with E-state index in [2.05, 4.69) is 20.8 Å². The van der Waals surface area contributed by atoms with Crippen LogP contribution in [0.2, 0.25) is 0 Å². The highest BCUT2D eigenvalue weighted by Crippen LogP contribution is 2.23. The molecule has 96 valence electrons. The number of hydrogen-bond donors (Lipinski definition) is 2. The molecule has 2 rings (SSSR count). The maximum atomic E-state index is 13.2. The SMILES string of the molecule is CNCc1nnc(Nc2ccc(F)c(OC)c2)o1. The monoisotopic (exact) mass is 252 g/mol. The number of rotatable bonds is 5. The molecule has 0 unspecified atom stereocenters. The molecule has 0 amide bonds. The molecule has 2 aromatic rings. The lowest BCUT2D eigenvalue weighted by atomic mass is 10.3. The summed E-state index contributed by atoms with van der Waals surface area (Å²) in [7, 11) is 3.18. The number of methoxy groups -OCH3 is 1. The van der Waals surface area contributed by atoms with Crippen LogP contribution in [-0.2, 0) is 6.54 Å². The van der Waals surface area contributed by atoms with E-state index in [9.17, 15) is 4.39 Å². The molecule has 1 heterocycles. The Labute approximate surface area is 103 Å². The Kier molecular flexibility index (Phi) is 3.73. The molecule has 0 aliphatic heterocycles. The predicted molar refractivity (Wildman–Crippen MR) is 63.3 cm³/mol. The zero-order valence-electron chi connectivity index (χ0n) is 10.0. The average molecular weight is 252 g/mol. The number of hydrogen-bond acceptors (Lipinski definition) is 6. The third-order valence-corrected chi connectivity index (χ3v) is 2.20. The van der Waals surface area contributed by atoms with Gasteiger partial charge in [-0.2, -0.15) is 0 Å². The molecule has 0 bridgehead atoms. The minimum atomic E-state index is -0.426. The third kappa shape index (κ3) is 2.75. The summed E-state index contributed by atoms with van der Waals surface area (Å²) in [5.41, 5.74) is 0.605. The smallest absolute Gasteiger partial charge is 0.320 e. The van der Waals surface area contributed by atoms with Crippen molar-refractivity contribution in [2.24, 2.45) is 0 Å². The lowest BCUT2D eigenvalue weighted by Gasteiger charge is -2.05. The summed E-state index contributed by atoms with van der Waals surface area (Å²) in [6.45, 7) is 0.488. The molecule has 18 heavy (non-hydrogen) atoms. The van der Waals surface area contributed by atoms with Crippen molar-refractivity contribution in [1.29, 1.82) is 0 Å². The summed E-state index contributed by atoms with van der Waals surface area (Å²) in [6.07, 6.45) is 0. The van der Waals surface area contributed by atoms with Crippen LogP contribution in [0.4, 0.5) is 16.1 Å². The first-order chi connectivity index (χ1) is 8.72. The molecule has 0 saturated carbocycles. The van der Waals surface area contributed by atoms with Gasteiger partial charge >= 0.3 is 6.01 Å². The molecule has 0 radical (unpaired) electrons. The van der Waals surface area contributed by atoms with Gasteiger partial charge in [0.15, 0.2) is 11.6 Å². The molecule has 0 spiro atoms. The van der Waals surface area contributed by atoms with Gasteiger partial charge in [0.1, 0.15) is 0 Å². The van der Waals surface area contributed by atoms with Crippen LogP contribution >= 0.6 is 0 Å². The molecule has 0 saturated heterocycles. The fraction of sp³-hybridized carbons (Fsp3) is 0.273. The van der Waals surface area contributed by atoms with Crippen molar-refractivity contribution >= 4 is 11.7 Å². The summed E-state index contributed by atoms with van der Waals surface area (Å²) in [5.74, 6) is 0.188. The first-order valence-electron chi connectivity index (χ1n) is 5.30. The molecule has 1 aromatic carbocycles. The number of benzene rings is 1. The van der Waals surface area contributed by atoms with E-state index >= 15 is 0 Å². The molecule has 0 aliphatic rings. The van der Waals surface area contributed by atoms with Gasteiger partial charge in [0, 0.05) is 11.8 Å². The number of anilines is 2. The Morgan fingerprint density at radius 1 is 1.39 bits per heavy atom. The van der Waals surface area contributed by atoms with Gasteiger partial charge < -0.3 is 19.8 Å². The van der Waals surface area contributed by atoms with Crippen molar-refractivity contribution in [2.45, 2.75) is 6.54 Å². The minimum Gasteiger partial charge on any atom is -0.494 e. The fourth-order valence-electron chi connectivity index (χ4n) is 1.39. The van der Waals surface area contributed by atoms with Gasteiger partial charge in [-0.05, 0) is 19.2 Å². The molecule has 7 heteroatoms. The van der Waals surface area contributed by atoms with E-state index in [1.807, 2.05) is 0 Å². The standard InChI is InChI=1S/C11H13FN4O2/c1-13-6-10-15-16-11(18-10)14-7-3-4-8(12)9(5-7)17-2/h3-5,13H,6H2,1-2H3,(H,14,16). The number of halogens is 1. The van der Waals surface area contributed by atoms with E-state index < -0.39 is 5.82 Å². The van der Waals surface area contributed by atoms with Crippen LogP contribution in [0.15, 0.2) is 22.6 Å². The van der Waals surface area contributed by atoms with Crippen LogP contribution in [0, 0.1) is 5.82 Å². The van der Waals surface area contributed by atoms with Crippen LogP contribution in [0.25, 0.3) is 0 Å². The summed E-state index contributed by atoms with van der Waals surface area (Å²) in [4.78, 5) is 0. The highest BCUT2D eigenvalue weighted by Gasteiger charge is 2.07. The van der Waals surface area contributed by atoms with Crippen molar-refractivity contribution in [3.8, 4) is 5.75 Å². The van der Waals surface area contributed by atoms with Gasteiger partial charge in [-0.1, -0.05) is 5.10 Å². The fourth-order valence-corrected chi connectivity index (χ4v) is 1.39. The van der Waals surface area contributed by atoms with Crippen LogP contribution < -0.4 is 15.4 Å². The average Bonchev–Trinajstić information content (AvgIpc) is 2.80. The molecule has 0 fully saturated rings. The molecule has 2 N–H and O–H groups in total. The van der Waals surface area contributed by atoms with Crippen molar-refractivity contribution < 1.29 is 13.5 Å². The van der Waals surface area contributed by atoms with Crippen molar-refractivity contribution in [3.63, 3.8) is 0 Å². The zero-order chi connectivity index (χ0) is 13.0. The first kappa shape index (κ1) is 12.3. The maximum Gasteiger partial charge on any atom is 0.320 e. The summed E-state index contributed by atoms with van der Waals surface area (Å²) in [6, 6.07) is 4.61. The number of nitrogens with one attached hydrogen (secondary N) is 2. The number of aromatic nitrogens is 2. The van der Waals surface area contributed by atoms with E-state index in [0.29, 0.717) is 18.1 Å². The lowest BCUT2D eigenvalue weighted by molar-refractivity contribution is 0.387. The van der Waals surface area contributed by atoms with Crippen molar-refractivity contribution in [1.82, 2.24) is 15.5 Å². The Hall–Kier alpha value is -2.15. The Balaban J connectivity index is 2.12. The second-order valence-electron chi connectivity index (χ2n) is 3.51. The summed E-state index contributed by atoms with van der Waals surface area (Å²) in [5, 5.41) is 13.4. The van der Waals surface area contributed by atoms with Crippen LogP contribution in [0.5, 0.6) is 5.75 Å². The van der Waals surface area contributed by atoms with Gasteiger partial charge in [-0.15, -0.1) is 5.10 Å². The number of nitrogens with zero attached hydrogens (tertiary/aromatic N) is 2. The van der Waals surface area contributed by atoms with Crippen molar-refractivity contribution in [3.05, 3.63) is 29.9 Å². The highest BCUT2D eigenvalue weighted by molar-refractivity contribution is 5.55. The van der Waals surface area contributed by atoms with E-state index in [1.165, 1.54) is 19.2 Å². The third-order valence-electron chi connectivity index (χ3n) is 2.20. The molecular weight excluding hydrogens is 239 g/mol. The van der Waals surface area contributed by atoms with Gasteiger partial charge in [-0.3, -0.25) is 0 Å². The summed E-state index contributed by atoms with van der Waals surface area (Å²) >= 11 is 0. The Bertz CT molecular complexity index is 530. The Morgan fingerprint density at radius 3 is 2.94 bits per heavy atom. The number of ether oxygens (including phenoxy) is 1. The predicted octanol–water partition coefficient (Wildman–Crippen LogP) is 1.68. The van der Waals surface area contributed by atoms with Crippen molar-refractivity contribution in [2.75, 3.05) is 19.5 Å². The second-order valence-corrected chi connectivity index (χ2v) is 3.51. The van der Waals surface area contributed by atoms with Crippen LogP contribution in [-0.4, -0.2) is 24.4 Å². The van der Waals surface area contributed by atoms with E-state index in [1.54, 1.807) is 13.1 Å².